The zero-order valence-electron chi connectivity index (χ0n) is 14.7. The van der Waals surface area contributed by atoms with Gasteiger partial charge in [-0.15, -0.1) is 0 Å². The third kappa shape index (κ3) is 5.72. The fraction of sp³-hybridized carbons (Fsp3) is 0.263. The van der Waals surface area contributed by atoms with Crippen molar-refractivity contribution < 1.29 is 22.8 Å². The van der Waals surface area contributed by atoms with Gasteiger partial charge in [-0.3, -0.25) is 9.59 Å². The molecule has 0 radical (unpaired) electrons. The quantitative estimate of drug-likeness (QED) is 0.766. The van der Waals surface area contributed by atoms with Gasteiger partial charge in [-0.05, 0) is 55.0 Å². The number of alkyl halides is 3. The second-order valence-electron chi connectivity index (χ2n) is 5.97. The van der Waals surface area contributed by atoms with E-state index < -0.39 is 11.7 Å². The number of benzene rings is 2. The second kappa shape index (κ2) is 8.43. The van der Waals surface area contributed by atoms with Crippen molar-refractivity contribution in [1.82, 2.24) is 0 Å². The molecule has 144 valence electrons. The molecule has 0 heterocycles. The van der Waals surface area contributed by atoms with Crippen LogP contribution in [0, 0.1) is 6.92 Å². The van der Waals surface area contributed by atoms with Gasteiger partial charge in [0.15, 0.2) is 0 Å². The maximum Gasteiger partial charge on any atom is 0.416 e. The van der Waals surface area contributed by atoms with Gasteiger partial charge in [-0.25, -0.2) is 0 Å². The molecule has 0 saturated carbocycles. The lowest BCUT2D eigenvalue weighted by Gasteiger charge is -2.21. The molecule has 0 aliphatic heterocycles. The average molecular weight is 399 g/mol. The molecule has 0 aliphatic carbocycles. The van der Waals surface area contributed by atoms with Crippen molar-refractivity contribution in [2.24, 2.45) is 0 Å². The number of carbonyl (C=O) groups excluding carboxylic acids is 2. The molecule has 1 N–H and O–H groups in total. The first-order valence-corrected chi connectivity index (χ1v) is 8.47. The Kier molecular flexibility index (Phi) is 6.49. The zero-order valence-corrected chi connectivity index (χ0v) is 15.5. The zero-order chi connectivity index (χ0) is 20.2. The minimum absolute atomic E-state index is 0.0112. The molecule has 27 heavy (non-hydrogen) atoms. The van der Waals surface area contributed by atoms with Crippen molar-refractivity contribution in [3.8, 4) is 0 Å². The van der Waals surface area contributed by atoms with E-state index in [0.29, 0.717) is 16.4 Å². The van der Waals surface area contributed by atoms with E-state index in [1.165, 1.54) is 24.0 Å². The largest absolute Gasteiger partial charge is 0.416 e. The molecule has 0 aromatic heterocycles. The first-order chi connectivity index (χ1) is 12.6. The first-order valence-electron chi connectivity index (χ1n) is 8.09. The predicted molar refractivity (Wildman–Crippen MR) is 98.9 cm³/mol. The molecule has 0 bridgehead atoms. The molecule has 2 aromatic carbocycles. The summed E-state index contributed by atoms with van der Waals surface area (Å²) in [5.41, 5.74) is 0.895. The van der Waals surface area contributed by atoms with Crippen molar-refractivity contribution in [2.45, 2.75) is 26.4 Å². The summed E-state index contributed by atoms with van der Waals surface area (Å²) in [5, 5.41) is 3.28. The molecule has 2 aromatic rings. The van der Waals surface area contributed by atoms with Gasteiger partial charge < -0.3 is 10.2 Å². The van der Waals surface area contributed by atoms with Crippen LogP contribution in [-0.2, 0) is 15.8 Å². The molecule has 0 atom stereocenters. The van der Waals surface area contributed by atoms with Gasteiger partial charge in [-0.1, -0.05) is 11.6 Å². The van der Waals surface area contributed by atoms with Crippen LogP contribution in [0.1, 0.15) is 24.5 Å². The summed E-state index contributed by atoms with van der Waals surface area (Å²) in [6, 6.07) is 9.27. The Bertz CT molecular complexity index is 836. The van der Waals surface area contributed by atoms with E-state index in [9.17, 15) is 22.8 Å². The van der Waals surface area contributed by atoms with E-state index in [-0.39, 0.29) is 24.8 Å². The van der Waals surface area contributed by atoms with E-state index in [2.05, 4.69) is 5.32 Å². The van der Waals surface area contributed by atoms with Crippen LogP contribution in [0.2, 0.25) is 5.02 Å². The SMILES string of the molecule is CC(=O)N(CCC(=O)Nc1ccc(Cl)cc1C)c1ccc(C(F)(F)F)cc1. The van der Waals surface area contributed by atoms with Gasteiger partial charge in [0.1, 0.15) is 0 Å². The van der Waals surface area contributed by atoms with Crippen LogP contribution < -0.4 is 10.2 Å². The summed E-state index contributed by atoms with van der Waals surface area (Å²) in [7, 11) is 0. The van der Waals surface area contributed by atoms with Crippen molar-refractivity contribution in [3.63, 3.8) is 0 Å². The number of anilines is 2. The minimum atomic E-state index is -4.45. The molecule has 4 nitrogen and oxygen atoms in total. The van der Waals surface area contributed by atoms with Gasteiger partial charge in [0.05, 0.1) is 5.56 Å². The third-order valence-corrected chi connectivity index (χ3v) is 4.15. The van der Waals surface area contributed by atoms with Gasteiger partial charge in [0, 0.05) is 36.3 Å². The van der Waals surface area contributed by atoms with Gasteiger partial charge in [0.2, 0.25) is 11.8 Å². The molecular weight excluding hydrogens is 381 g/mol. The first kappa shape index (κ1) is 20.8. The number of nitrogens with zero attached hydrogens (tertiary/aromatic N) is 1. The van der Waals surface area contributed by atoms with Crippen LogP contribution in [0.4, 0.5) is 24.5 Å². The highest BCUT2D eigenvalue weighted by Crippen LogP contribution is 2.30. The Balaban J connectivity index is 2.04. The molecule has 0 aliphatic rings. The lowest BCUT2D eigenvalue weighted by molar-refractivity contribution is -0.137. The molecule has 8 heteroatoms. The highest BCUT2D eigenvalue weighted by molar-refractivity contribution is 6.30. The maximum absolute atomic E-state index is 12.7. The summed E-state index contributed by atoms with van der Waals surface area (Å²) in [4.78, 5) is 25.3. The van der Waals surface area contributed by atoms with Crippen LogP contribution >= 0.6 is 11.6 Å². The fourth-order valence-electron chi connectivity index (χ4n) is 2.49. The minimum Gasteiger partial charge on any atom is -0.326 e. The number of carbonyl (C=O) groups is 2. The Morgan fingerprint density at radius 1 is 1.11 bits per heavy atom. The van der Waals surface area contributed by atoms with Crippen LogP contribution in [-0.4, -0.2) is 18.4 Å². The van der Waals surface area contributed by atoms with Crippen LogP contribution in [0.25, 0.3) is 0 Å². The standard InChI is InChI=1S/C19H18ClF3N2O2/c1-12-11-15(20)5-8-17(12)24-18(27)9-10-25(13(2)26)16-6-3-14(4-7-16)19(21,22)23/h3-8,11H,9-10H2,1-2H3,(H,24,27). The topological polar surface area (TPSA) is 49.4 Å². The lowest BCUT2D eigenvalue weighted by Crippen LogP contribution is -2.32. The van der Waals surface area contributed by atoms with Crippen molar-refractivity contribution in [2.75, 3.05) is 16.8 Å². The Hall–Kier alpha value is -2.54. The summed E-state index contributed by atoms with van der Waals surface area (Å²) < 4.78 is 38.0. The van der Waals surface area contributed by atoms with Gasteiger partial charge in [-0.2, -0.15) is 13.2 Å². The molecule has 0 fully saturated rings. The normalized spacial score (nSPS) is 11.2. The number of amides is 2. The second-order valence-corrected chi connectivity index (χ2v) is 6.41. The number of hydrogen-bond acceptors (Lipinski definition) is 2. The van der Waals surface area contributed by atoms with Crippen molar-refractivity contribution in [3.05, 3.63) is 58.6 Å². The predicted octanol–water partition coefficient (Wildman–Crippen LogP) is 5.05. The van der Waals surface area contributed by atoms with Crippen LogP contribution in [0.15, 0.2) is 42.5 Å². The number of nitrogens with one attached hydrogen (secondary N) is 1. The summed E-state index contributed by atoms with van der Waals surface area (Å²) >= 11 is 5.87. The van der Waals surface area contributed by atoms with E-state index in [0.717, 1.165) is 17.7 Å². The smallest absolute Gasteiger partial charge is 0.326 e. The fourth-order valence-corrected chi connectivity index (χ4v) is 2.72. The van der Waals surface area contributed by atoms with Crippen LogP contribution in [0.5, 0.6) is 0 Å². The number of rotatable bonds is 5. The van der Waals surface area contributed by atoms with E-state index in [4.69, 9.17) is 11.6 Å². The van der Waals surface area contributed by atoms with Crippen LogP contribution in [0.3, 0.4) is 0 Å². The summed E-state index contributed by atoms with van der Waals surface area (Å²) in [6.07, 6.45) is -4.46. The average Bonchev–Trinajstić information content (AvgIpc) is 2.57. The number of hydrogen-bond donors (Lipinski definition) is 1. The van der Waals surface area contributed by atoms with E-state index in [1.54, 1.807) is 25.1 Å². The Labute approximate surface area is 159 Å². The Morgan fingerprint density at radius 3 is 2.26 bits per heavy atom. The third-order valence-electron chi connectivity index (χ3n) is 3.91. The van der Waals surface area contributed by atoms with Gasteiger partial charge >= 0.3 is 6.18 Å². The van der Waals surface area contributed by atoms with E-state index >= 15 is 0 Å². The molecular formula is C19H18ClF3N2O2. The lowest BCUT2D eigenvalue weighted by atomic mass is 10.1. The molecule has 2 rings (SSSR count). The molecule has 0 saturated heterocycles. The monoisotopic (exact) mass is 398 g/mol. The highest BCUT2D eigenvalue weighted by atomic mass is 35.5. The van der Waals surface area contributed by atoms with Gasteiger partial charge in [0.25, 0.3) is 0 Å². The van der Waals surface area contributed by atoms with Crippen molar-refractivity contribution in [1.29, 1.82) is 0 Å². The molecule has 0 spiro atoms. The summed E-state index contributed by atoms with van der Waals surface area (Å²) in [5.74, 6) is -0.691. The number of aryl methyl sites for hydroxylation is 1. The highest BCUT2D eigenvalue weighted by Gasteiger charge is 2.30. The molecule has 0 unspecified atom stereocenters. The molecule has 2 amide bonds. The van der Waals surface area contributed by atoms with E-state index in [1.807, 2.05) is 0 Å². The summed E-state index contributed by atoms with van der Waals surface area (Å²) in [6.45, 7) is 3.13. The Morgan fingerprint density at radius 2 is 1.74 bits per heavy atom. The van der Waals surface area contributed by atoms with Crippen molar-refractivity contribution >= 4 is 34.8 Å². The maximum atomic E-state index is 12.7. The number of halogens is 4.